The van der Waals surface area contributed by atoms with Crippen LogP contribution in [0.3, 0.4) is 0 Å². The number of nitrogens with one attached hydrogen (secondary N) is 1. The number of amides is 1. The first-order chi connectivity index (χ1) is 9.66. The van der Waals surface area contributed by atoms with Gasteiger partial charge in [-0.1, -0.05) is 19.3 Å². The molecule has 112 valence electrons. The second-order valence-electron chi connectivity index (χ2n) is 6.97. The zero-order valence-electron chi connectivity index (χ0n) is 12.0. The van der Waals surface area contributed by atoms with Crippen molar-refractivity contribution in [3.05, 3.63) is 0 Å². The first kappa shape index (κ1) is 13.9. The molecule has 3 aliphatic rings. The van der Waals surface area contributed by atoms with Crippen molar-refractivity contribution in [2.75, 3.05) is 6.54 Å². The summed E-state index contributed by atoms with van der Waals surface area (Å²) in [7, 11) is 0. The Labute approximate surface area is 120 Å². The lowest BCUT2D eigenvalue weighted by Crippen LogP contribution is -2.42. The number of rotatable bonds is 4. The highest BCUT2D eigenvalue weighted by molar-refractivity contribution is 5.86. The third kappa shape index (κ3) is 2.57. The molecule has 3 saturated carbocycles. The average molecular weight is 279 g/mol. The fourth-order valence-electron chi connectivity index (χ4n) is 4.78. The molecule has 4 heteroatoms. The highest BCUT2D eigenvalue weighted by Crippen LogP contribution is 2.52. The summed E-state index contributed by atoms with van der Waals surface area (Å²) in [6.07, 6.45) is 9.25. The van der Waals surface area contributed by atoms with Crippen LogP contribution in [0.4, 0.5) is 0 Å². The van der Waals surface area contributed by atoms with Gasteiger partial charge in [0.25, 0.3) is 0 Å². The quantitative estimate of drug-likeness (QED) is 0.830. The van der Waals surface area contributed by atoms with E-state index in [-0.39, 0.29) is 17.7 Å². The van der Waals surface area contributed by atoms with Crippen molar-refractivity contribution >= 4 is 11.9 Å². The predicted octanol–water partition coefficient (Wildman–Crippen LogP) is 2.43. The van der Waals surface area contributed by atoms with Crippen LogP contribution < -0.4 is 5.32 Å². The second kappa shape index (κ2) is 5.74. The van der Waals surface area contributed by atoms with Gasteiger partial charge in [0.15, 0.2) is 0 Å². The third-order valence-corrected chi connectivity index (χ3v) is 5.79. The van der Waals surface area contributed by atoms with Gasteiger partial charge in [0.05, 0.1) is 11.8 Å². The number of carbonyl (C=O) groups excluding carboxylic acids is 1. The molecule has 2 N–H and O–H groups in total. The van der Waals surface area contributed by atoms with Crippen LogP contribution in [0.25, 0.3) is 0 Å². The van der Waals surface area contributed by atoms with E-state index in [1.54, 1.807) is 0 Å². The molecule has 0 spiro atoms. The van der Waals surface area contributed by atoms with Gasteiger partial charge in [-0.25, -0.2) is 0 Å². The van der Waals surface area contributed by atoms with Gasteiger partial charge in [-0.15, -0.1) is 0 Å². The molecule has 4 nitrogen and oxygen atoms in total. The van der Waals surface area contributed by atoms with Gasteiger partial charge >= 0.3 is 5.97 Å². The molecule has 0 aromatic rings. The standard InChI is InChI=1S/C16H25NO3/c18-15(17-9-10-4-2-1-3-5-10)13-11-6-7-12(8-11)14(13)16(19)20/h10-14H,1-9H2,(H,17,18)(H,19,20)/t11-,12-,13-,14-/m0/s1. The summed E-state index contributed by atoms with van der Waals surface area (Å²) in [6, 6.07) is 0. The van der Waals surface area contributed by atoms with Gasteiger partial charge < -0.3 is 10.4 Å². The largest absolute Gasteiger partial charge is 0.481 e. The van der Waals surface area contributed by atoms with Gasteiger partial charge in [0, 0.05) is 6.54 Å². The van der Waals surface area contributed by atoms with Crippen LogP contribution in [0.1, 0.15) is 51.4 Å². The van der Waals surface area contributed by atoms with Crippen molar-refractivity contribution in [2.45, 2.75) is 51.4 Å². The maximum Gasteiger partial charge on any atom is 0.307 e. The maximum absolute atomic E-state index is 12.4. The number of hydrogen-bond donors (Lipinski definition) is 2. The van der Waals surface area contributed by atoms with E-state index < -0.39 is 11.9 Å². The van der Waals surface area contributed by atoms with Crippen LogP contribution in [-0.2, 0) is 9.59 Å². The van der Waals surface area contributed by atoms with Gasteiger partial charge in [-0.3, -0.25) is 9.59 Å². The molecule has 2 bridgehead atoms. The average Bonchev–Trinajstić information content (AvgIpc) is 3.06. The Balaban J connectivity index is 1.57. The molecule has 0 aromatic heterocycles. The highest BCUT2D eigenvalue weighted by Gasteiger charge is 2.53. The lowest BCUT2D eigenvalue weighted by atomic mass is 9.78. The molecule has 0 heterocycles. The molecule has 0 aromatic carbocycles. The van der Waals surface area contributed by atoms with E-state index in [2.05, 4.69) is 5.32 Å². The summed E-state index contributed by atoms with van der Waals surface area (Å²) >= 11 is 0. The van der Waals surface area contributed by atoms with Gasteiger partial charge in [0.1, 0.15) is 0 Å². The molecule has 3 fully saturated rings. The molecule has 4 atom stereocenters. The van der Waals surface area contributed by atoms with Crippen molar-refractivity contribution in [2.24, 2.45) is 29.6 Å². The summed E-state index contributed by atoms with van der Waals surface area (Å²) in [6.45, 7) is 0.749. The minimum absolute atomic E-state index is 0.00942. The molecule has 3 aliphatic carbocycles. The highest BCUT2D eigenvalue weighted by atomic mass is 16.4. The molecule has 0 unspecified atom stereocenters. The number of hydrogen-bond acceptors (Lipinski definition) is 2. The minimum Gasteiger partial charge on any atom is -0.481 e. The summed E-state index contributed by atoms with van der Waals surface area (Å²) in [5.74, 6) is -0.301. The molecule has 0 radical (unpaired) electrons. The van der Waals surface area contributed by atoms with Gasteiger partial charge in [-0.2, -0.15) is 0 Å². The Bertz CT molecular complexity index is 389. The Kier molecular flexibility index (Phi) is 3.99. The Morgan fingerprint density at radius 1 is 0.950 bits per heavy atom. The molecule has 0 aliphatic heterocycles. The van der Waals surface area contributed by atoms with Crippen LogP contribution in [0.15, 0.2) is 0 Å². The summed E-state index contributed by atoms with van der Waals surface area (Å²) in [4.78, 5) is 23.9. The first-order valence-electron chi connectivity index (χ1n) is 8.17. The third-order valence-electron chi connectivity index (χ3n) is 5.79. The predicted molar refractivity (Wildman–Crippen MR) is 75.0 cm³/mol. The molecular formula is C16H25NO3. The van der Waals surface area contributed by atoms with Crippen molar-refractivity contribution in [1.82, 2.24) is 5.32 Å². The molecule has 1 amide bonds. The molecule has 0 saturated heterocycles. The van der Waals surface area contributed by atoms with Crippen molar-refractivity contribution in [3.8, 4) is 0 Å². The first-order valence-corrected chi connectivity index (χ1v) is 8.17. The maximum atomic E-state index is 12.4. The smallest absolute Gasteiger partial charge is 0.307 e. The Hall–Kier alpha value is -1.06. The topological polar surface area (TPSA) is 66.4 Å². The zero-order chi connectivity index (χ0) is 14.1. The van der Waals surface area contributed by atoms with Crippen molar-refractivity contribution in [3.63, 3.8) is 0 Å². The minimum atomic E-state index is -0.769. The fraction of sp³-hybridized carbons (Fsp3) is 0.875. The van der Waals surface area contributed by atoms with E-state index in [1.165, 1.54) is 32.1 Å². The summed E-state index contributed by atoms with van der Waals surface area (Å²) in [5, 5.41) is 12.5. The fourth-order valence-corrected chi connectivity index (χ4v) is 4.78. The normalized spacial score (nSPS) is 37.0. The summed E-state index contributed by atoms with van der Waals surface area (Å²) in [5.41, 5.74) is 0. The molecule has 20 heavy (non-hydrogen) atoms. The van der Waals surface area contributed by atoms with E-state index in [0.717, 1.165) is 25.8 Å². The lowest BCUT2D eigenvalue weighted by Gasteiger charge is -2.28. The zero-order valence-corrected chi connectivity index (χ0v) is 12.0. The number of carbonyl (C=O) groups is 2. The van der Waals surface area contributed by atoms with Crippen LogP contribution in [0.2, 0.25) is 0 Å². The van der Waals surface area contributed by atoms with Gasteiger partial charge in [0.2, 0.25) is 5.91 Å². The van der Waals surface area contributed by atoms with E-state index in [1.807, 2.05) is 0 Å². The van der Waals surface area contributed by atoms with E-state index in [9.17, 15) is 14.7 Å². The lowest BCUT2D eigenvalue weighted by molar-refractivity contribution is -0.149. The SMILES string of the molecule is O=C(O)[C@H]1[C@H]2CC[C@@H](C2)[C@@H]1C(=O)NCC1CCCCC1. The molecular weight excluding hydrogens is 254 g/mol. The monoisotopic (exact) mass is 279 g/mol. The Morgan fingerprint density at radius 3 is 2.25 bits per heavy atom. The van der Waals surface area contributed by atoms with Gasteiger partial charge in [-0.05, 0) is 49.9 Å². The summed E-state index contributed by atoms with van der Waals surface area (Å²) < 4.78 is 0. The Morgan fingerprint density at radius 2 is 1.60 bits per heavy atom. The van der Waals surface area contributed by atoms with Crippen LogP contribution in [-0.4, -0.2) is 23.5 Å². The van der Waals surface area contributed by atoms with E-state index in [0.29, 0.717) is 11.8 Å². The number of carboxylic acid groups (broad SMARTS) is 1. The van der Waals surface area contributed by atoms with Crippen LogP contribution >= 0.6 is 0 Å². The van der Waals surface area contributed by atoms with Crippen molar-refractivity contribution in [1.29, 1.82) is 0 Å². The van der Waals surface area contributed by atoms with Crippen LogP contribution in [0, 0.1) is 29.6 Å². The van der Waals surface area contributed by atoms with Crippen LogP contribution in [0.5, 0.6) is 0 Å². The molecule has 3 rings (SSSR count). The number of aliphatic carboxylic acids is 1. The second-order valence-corrected chi connectivity index (χ2v) is 6.97. The van der Waals surface area contributed by atoms with E-state index >= 15 is 0 Å². The van der Waals surface area contributed by atoms with Crippen molar-refractivity contribution < 1.29 is 14.7 Å². The number of fused-ring (bicyclic) bond motifs is 2. The van der Waals surface area contributed by atoms with E-state index in [4.69, 9.17) is 0 Å². The number of carboxylic acids is 1.